The Bertz CT molecular complexity index is 687. The molecule has 0 aliphatic carbocycles. The molecule has 0 aliphatic heterocycles. The number of alkyl halides is 1. The van der Waals surface area contributed by atoms with Gasteiger partial charge in [0.05, 0.1) is 24.7 Å². The minimum absolute atomic E-state index is 0.704. The Labute approximate surface area is 123 Å². The third kappa shape index (κ3) is 2.28. The maximum absolute atomic E-state index is 5.56. The van der Waals surface area contributed by atoms with Gasteiger partial charge < -0.3 is 4.74 Å². The zero-order chi connectivity index (χ0) is 13.2. The fourth-order valence-electron chi connectivity index (χ4n) is 1.85. The van der Waals surface area contributed by atoms with Gasteiger partial charge in [0.25, 0.3) is 0 Å². The van der Waals surface area contributed by atoms with Crippen LogP contribution in [0.25, 0.3) is 10.8 Å². The van der Waals surface area contributed by atoms with Gasteiger partial charge in [0.1, 0.15) is 0 Å². The molecule has 100 valence electrons. The van der Waals surface area contributed by atoms with E-state index in [0.717, 1.165) is 34.0 Å². The molecule has 0 aliphatic rings. The number of nitrogens with zero attached hydrogens (tertiary/aromatic N) is 4. The predicted molar refractivity (Wildman–Crippen MR) is 78.6 cm³/mol. The van der Waals surface area contributed by atoms with Gasteiger partial charge in [-0.1, -0.05) is 22.9 Å². The largest absolute Gasteiger partial charge is 0.490 e. The molecule has 0 aromatic carbocycles. The van der Waals surface area contributed by atoms with Crippen LogP contribution in [-0.2, 0) is 5.33 Å². The van der Waals surface area contributed by atoms with E-state index in [1.54, 1.807) is 22.2 Å². The Kier molecular flexibility index (Phi) is 3.56. The highest BCUT2D eigenvalue weighted by Crippen LogP contribution is 2.23. The van der Waals surface area contributed by atoms with Crippen molar-refractivity contribution in [3.05, 3.63) is 29.7 Å². The van der Waals surface area contributed by atoms with Gasteiger partial charge in [-0.25, -0.2) is 4.68 Å². The van der Waals surface area contributed by atoms with Gasteiger partial charge in [-0.05, 0) is 6.42 Å². The summed E-state index contributed by atoms with van der Waals surface area (Å²) in [7, 11) is 0. The number of imidazole rings is 1. The number of hydrogen-bond donors (Lipinski definition) is 0. The minimum Gasteiger partial charge on any atom is -0.490 e. The number of ether oxygens (including phenoxy) is 1. The highest BCUT2D eigenvalue weighted by Gasteiger charge is 2.14. The third-order valence-electron chi connectivity index (χ3n) is 2.72. The first kappa shape index (κ1) is 12.7. The van der Waals surface area contributed by atoms with Crippen LogP contribution in [0.5, 0.6) is 5.75 Å². The van der Waals surface area contributed by atoms with Crippen molar-refractivity contribution < 1.29 is 4.74 Å². The van der Waals surface area contributed by atoms with E-state index in [4.69, 9.17) is 4.74 Å². The van der Waals surface area contributed by atoms with Crippen molar-refractivity contribution in [2.75, 3.05) is 6.61 Å². The Morgan fingerprint density at radius 2 is 2.37 bits per heavy atom. The lowest BCUT2D eigenvalue weighted by atomic mass is 10.5. The topological polar surface area (TPSA) is 44.3 Å². The van der Waals surface area contributed by atoms with Crippen molar-refractivity contribution >= 4 is 32.2 Å². The molecule has 3 rings (SSSR count). The zero-order valence-corrected chi connectivity index (χ0v) is 12.8. The standard InChI is InChI=1S/C12H13BrN4OS/c1-2-4-18-9-7-14-17(8-9)11-10(6-13)16-3-5-19-12(16)15-11/h3,5,7-8H,2,4,6H2,1H3. The second-order valence-corrected chi connectivity index (χ2v) is 5.47. The van der Waals surface area contributed by atoms with Crippen molar-refractivity contribution in [2.45, 2.75) is 18.7 Å². The molecule has 3 aromatic rings. The maximum atomic E-state index is 5.56. The Hall–Kier alpha value is -1.34. The van der Waals surface area contributed by atoms with Crippen LogP contribution in [0, 0.1) is 0 Å². The maximum Gasteiger partial charge on any atom is 0.195 e. The van der Waals surface area contributed by atoms with E-state index in [1.165, 1.54) is 0 Å². The Balaban J connectivity index is 1.98. The summed E-state index contributed by atoms with van der Waals surface area (Å²) in [6.45, 7) is 2.78. The summed E-state index contributed by atoms with van der Waals surface area (Å²) < 4.78 is 9.40. The summed E-state index contributed by atoms with van der Waals surface area (Å²) >= 11 is 5.12. The monoisotopic (exact) mass is 340 g/mol. The molecule has 3 heterocycles. The molecule has 5 nitrogen and oxygen atoms in total. The van der Waals surface area contributed by atoms with Crippen LogP contribution in [0.1, 0.15) is 19.0 Å². The molecule has 3 aromatic heterocycles. The fourth-order valence-corrected chi connectivity index (χ4v) is 3.09. The van der Waals surface area contributed by atoms with Crippen LogP contribution in [0.2, 0.25) is 0 Å². The van der Waals surface area contributed by atoms with Crippen molar-refractivity contribution in [3.63, 3.8) is 0 Å². The highest BCUT2D eigenvalue weighted by molar-refractivity contribution is 9.08. The second-order valence-electron chi connectivity index (χ2n) is 4.04. The average molecular weight is 341 g/mol. The zero-order valence-electron chi connectivity index (χ0n) is 10.4. The lowest BCUT2D eigenvalue weighted by Crippen LogP contribution is -1.99. The van der Waals surface area contributed by atoms with Crippen LogP contribution in [0.3, 0.4) is 0 Å². The summed E-state index contributed by atoms with van der Waals surface area (Å²) in [6, 6.07) is 0. The minimum atomic E-state index is 0.704. The van der Waals surface area contributed by atoms with Gasteiger partial charge in [-0.15, -0.1) is 11.3 Å². The van der Waals surface area contributed by atoms with Gasteiger partial charge >= 0.3 is 0 Å². The van der Waals surface area contributed by atoms with Crippen LogP contribution >= 0.6 is 27.3 Å². The van der Waals surface area contributed by atoms with Crippen LogP contribution in [0.4, 0.5) is 0 Å². The van der Waals surface area contributed by atoms with Gasteiger partial charge in [0.15, 0.2) is 16.5 Å². The number of rotatable bonds is 5. The first-order chi connectivity index (χ1) is 9.33. The second kappa shape index (κ2) is 5.34. The van der Waals surface area contributed by atoms with Crippen LogP contribution in [0.15, 0.2) is 24.0 Å². The van der Waals surface area contributed by atoms with Gasteiger partial charge in [-0.3, -0.25) is 4.40 Å². The summed E-state index contributed by atoms with van der Waals surface area (Å²) in [5.41, 5.74) is 1.08. The van der Waals surface area contributed by atoms with Crippen LogP contribution in [-0.4, -0.2) is 25.8 Å². The van der Waals surface area contributed by atoms with Gasteiger partial charge in [0, 0.05) is 16.9 Å². The summed E-state index contributed by atoms with van der Waals surface area (Å²) in [5.74, 6) is 1.62. The van der Waals surface area contributed by atoms with E-state index in [9.17, 15) is 0 Å². The van der Waals surface area contributed by atoms with Crippen LogP contribution < -0.4 is 4.74 Å². The van der Waals surface area contributed by atoms with Crippen molar-refractivity contribution in [1.82, 2.24) is 19.2 Å². The smallest absolute Gasteiger partial charge is 0.195 e. The van der Waals surface area contributed by atoms with E-state index in [0.29, 0.717) is 6.61 Å². The highest BCUT2D eigenvalue weighted by atomic mass is 79.9. The van der Waals surface area contributed by atoms with Gasteiger partial charge in [-0.2, -0.15) is 10.1 Å². The number of thiazole rings is 1. The SMILES string of the molecule is CCCOc1cnn(-c2nc3sccn3c2CBr)c1. The van der Waals surface area contributed by atoms with E-state index in [-0.39, 0.29) is 0 Å². The average Bonchev–Trinajstić information content (AvgIpc) is 3.10. The van der Waals surface area contributed by atoms with E-state index >= 15 is 0 Å². The molecule has 0 radical (unpaired) electrons. The quantitative estimate of drug-likeness (QED) is 0.669. The molecule has 0 fully saturated rings. The van der Waals surface area contributed by atoms with Crippen molar-refractivity contribution in [2.24, 2.45) is 0 Å². The predicted octanol–water partition coefficient (Wildman–Crippen LogP) is 3.27. The molecule has 0 saturated carbocycles. The molecule has 19 heavy (non-hydrogen) atoms. The summed E-state index contributed by atoms with van der Waals surface area (Å²) in [6.07, 6.45) is 6.60. The fraction of sp³-hybridized carbons (Fsp3) is 0.333. The number of fused-ring (bicyclic) bond motifs is 1. The Morgan fingerprint density at radius 1 is 1.47 bits per heavy atom. The van der Waals surface area contributed by atoms with E-state index < -0.39 is 0 Å². The molecule has 0 saturated heterocycles. The third-order valence-corrected chi connectivity index (χ3v) is 4.00. The first-order valence-electron chi connectivity index (χ1n) is 6.01. The number of hydrogen-bond acceptors (Lipinski definition) is 4. The van der Waals surface area contributed by atoms with E-state index in [1.807, 2.05) is 17.8 Å². The van der Waals surface area contributed by atoms with Gasteiger partial charge in [0.2, 0.25) is 0 Å². The molecule has 0 bridgehead atoms. The molecule has 7 heteroatoms. The first-order valence-corrected chi connectivity index (χ1v) is 8.01. The van der Waals surface area contributed by atoms with Crippen molar-refractivity contribution in [1.29, 1.82) is 0 Å². The summed E-state index contributed by atoms with van der Waals surface area (Å²) in [4.78, 5) is 5.57. The molecule has 0 atom stereocenters. The number of aromatic nitrogens is 4. The molecular formula is C12H13BrN4OS. The molecule has 0 unspecified atom stereocenters. The Morgan fingerprint density at radius 3 is 3.16 bits per heavy atom. The molecule has 0 N–H and O–H groups in total. The van der Waals surface area contributed by atoms with Crippen molar-refractivity contribution in [3.8, 4) is 11.6 Å². The molecule has 0 amide bonds. The normalized spacial score (nSPS) is 11.3. The summed E-state index contributed by atoms with van der Waals surface area (Å²) in [5, 5.41) is 7.07. The molecular weight excluding hydrogens is 328 g/mol. The molecule has 0 spiro atoms. The number of halogens is 1. The lowest BCUT2D eigenvalue weighted by Gasteiger charge is -2.00. The van der Waals surface area contributed by atoms with E-state index in [2.05, 4.69) is 37.3 Å². The lowest BCUT2D eigenvalue weighted by molar-refractivity contribution is 0.317.